The summed E-state index contributed by atoms with van der Waals surface area (Å²) in [5.41, 5.74) is 0. The summed E-state index contributed by atoms with van der Waals surface area (Å²) >= 11 is 1.90. The smallest absolute Gasteiger partial charge is 0.00729 e. The fourth-order valence-corrected chi connectivity index (χ4v) is 0.770. The van der Waals surface area contributed by atoms with Crippen LogP contribution < -0.4 is 0 Å². The van der Waals surface area contributed by atoms with E-state index in [2.05, 4.69) is 26.3 Å². The number of thioether (sulfide) groups is 1. The molecule has 0 spiro atoms. The first-order valence-corrected chi connectivity index (χ1v) is 5.11. The zero-order valence-corrected chi connectivity index (χ0v) is 8.36. The van der Waals surface area contributed by atoms with Crippen LogP contribution in [0, 0.1) is 0 Å². The Morgan fingerprint density at radius 3 is 1.73 bits per heavy atom. The number of hydrogen-bond acceptors (Lipinski definition) is 1. The van der Waals surface area contributed by atoms with Crippen molar-refractivity contribution in [2.45, 2.75) is 13.3 Å². The maximum Gasteiger partial charge on any atom is -0.00729 e. The molecule has 0 aliphatic rings. The molecule has 0 bridgehead atoms. The Hall–Kier alpha value is -0.430. The summed E-state index contributed by atoms with van der Waals surface area (Å²) < 4.78 is 0. The van der Waals surface area contributed by atoms with Gasteiger partial charge in [-0.05, 0) is 18.4 Å². The first kappa shape index (κ1) is 13.2. The zero-order valence-electron chi connectivity index (χ0n) is 7.55. The molecule has 64 valence electrons. The Kier molecular flexibility index (Phi) is 19.5. The zero-order chi connectivity index (χ0) is 8.95. The average Bonchev–Trinajstić information content (AvgIpc) is 2.04. The van der Waals surface area contributed by atoms with Crippen LogP contribution in [0.5, 0.6) is 0 Å². The van der Waals surface area contributed by atoms with Crippen molar-refractivity contribution in [3.63, 3.8) is 0 Å². The van der Waals surface area contributed by atoms with E-state index in [1.807, 2.05) is 23.9 Å². The Labute approximate surface area is 75.1 Å². The molecule has 0 saturated heterocycles. The van der Waals surface area contributed by atoms with Crippen molar-refractivity contribution >= 4 is 11.8 Å². The van der Waals surface area contributed by atoms with Gasteiger partial charge in [0.1, 0.15) is 0 Å². The summed E-state index contributed by atoms with van der Waals surface area (Å²) in [6.07, 6.45) is 10.5. The van der Waals surface area contributed by atoms with Crippen LogP contribution in [-0.4, -0.2) is 12.0 Å². The van der Waals surface area contributed by atoms with E-state index < -0.39 is 0 Å². The largest absolute Gasteiger partial charge is 0.165 e. The molecule has 0 fully saturated rings. The third kappa shape index (κ3) is 26.3. The average molecular weight is 170 g/mol. The van der Waals surface area contributed by atoms with E-state index >= 15 is 0 Å². The topological polar surface area (TPSA) is 0 Å². The first-order valence-electron chi connectivity index (χ1n) is 3.72. The molecule has 0 aromatic carbocycles. The van der Waals surface area contributed by atoms with Crippen LogP contribution in [0.1, 0.15) is 13.3 Å². The van der Waals surface area contributed by atoms with Crippen molar-refractivity contribution in [1.82, 2.24) is 0 Å². The summed E-state index contributed by atoms with van der Waals surface area (Å²) in [6.45, 7) is 9.12. The standard InChI is InChI=1S/C6H8.C4H10S/c1-3-5-6-4-2;1-3-4-5-2/h3-6H,1-2H2;3-4H2,1-2H3/b6-5-;. The molecule has 0 nitrogen and oxygen atoms in total. The van der Waals surface area contributed by atoms with Gasteiger partial charge < -0.3 is 0 Å². The van der Waals surface area contributed by atoms with Gasteiger partial charge in [0.2, 0.25) is 0 Å². The molecule has 0 saturated carbocycles. The molecular formula is C10H18S. The summed E-state index contributed by atoms with van der Waals surface area (Å²) in [7, 11) is 0. The Balaban J connectivity index is 0. The Bertz CT molecular complexity index is 91.4. The van der Waals surface area contributed by atoms with E-state index in [1.54, 1.807) is 12.2 Å². The maximum atomic E-state index is 3.46. The highest BCUT2D eigenvalue weighted by molar-refractivity contribution is 7.98. The molecule has 0 aromatic heterocycles. The molecule has 11 heavy (non-hydrogen) atoms. The molecule has 0 unspecified atom stereocenters. The summed E-state index contributed by atoms with van der Waals surface area (Å²) in [5.74, 6) is 1.31. The molecule has 0 amide bonds. The lowest BCUT2D eigenvalue weighted by molar-refractivity contribution is 1.11. The Morgan fingerprint density at radius 1 is 1.18 bits per heavy atom. The van der Waals surface area contributed by atoms with Crippen molar-refractivity contribution in [1.29, 1.82) is 0 Å². The molecule has 1 heteroatoms. The molecular weight excluding hydrogens is 152 g/mol. The molecule has 0 radical (unpaired) electrons. The van der Waals surface area contributed by atoms with Crippen LogP contribution in [0.15, 0.2) is 37.5 Å². The van der Waals surface area contributed by atoms with Gasteiger partial charge in [0.25, 0.3) is 0 Å². The van der Waals surface area contributed by atoms with Crippen molar-refractivity contribution in [3.8, 4) is 0 Å². The van der Waals surface area contributed by atoms with Crippen LogP contribution in [0.3, 0.4) is 0 Å². The van der Waals surface area contributed by atoms with Crippen molar-refractivity contribution in [2.24, 2.45) is 0 Å². The fourth-order valence-electron chi connectivity index (χ4n) is 0.361. The van der Waals surface area contributed by atoms with Crippen molar-refractivity contribution < 1.29 is 0 Å². The van der Waals surface area contributed by atoms with Crippen LogP contribution in [0.25, 0.3) is 0 Å². The van der Waals surface area contributed by atoms with E-state index in [0.717, 1.165) is 0 Å². The van der Waals surface area contributed by atoms with E-state index in [9.17, 15) is 0 Å². The van der Waals surface area contributed by atoms with Gasteiger partial charge in [-0.25, -0.2) is 0 Å². The van der Waals surface area contributed by atoms with Gasteiger partial charge in [0.05, 0.1) is 0 Å². The third-order valence-corrected chi connectivity index (χ3v) is 1.61. The molecule has 0 aromatic rings. The quantitative estimate of drug-likeness (QED) is 0.580. The minimum atomic E-state index is 1.31. The second-order valence-electron chi connectivity index (χ2n) is 1.85. The summed E-state index contributed by atoms with van der Waals surface area (Å²) in [5, 5.41) is 0. The number of hydrogen-bond donors (Lipinski definition) is 0. The van der Waals surface area contributed by atoms with Gasteiger partial charge in [-0.1, -0.05) is 44.4 Å². The van der Waals surface area contributed by atoms with Gasteiger partial charge in [-0.15, -0.1) is 0 Å². The number of allylic oxidation sites excluding steroid dienone is 4. The maximum absolute atomic E-state index is 3.46. The predicted molar refractivity (Wildman–Crippen MR) is 58.2 cm³/mol. The summed E-state index contributed by atoms with van der Waals surface area (Å²) in [4.78, 5) is 0. The highest BCUT2D eigenvalue weighted by Crippen LogP contribution is 1.91. The normalized spacial score (nSPS) is 8.55. The minimum Gasteiger partial charge on any atom is -0.165 e. The van der Waals surface area contributed by atoms with Crippen LogP contribution in [0.2, 0.25) is 0 Å². The predicted octanol–water partition coefficient (Wildman–Crippen LogP) is 3.67. The minimum absolute atomic E-state index is 1.31. The monoisotopic (exact) mass is 170 g/mol. The fraction of sp³-hybridized carbons (Fsp3) is 0.400. The van der Waals surface area contributed by atoms with E-state index in [-0.39, 0.29) is 0 Å². The highest BCUT2D eigenvalue weighted by Gasteiger charge is 1.67. The lowest BCUT2D eigenvalue weighted by atomic mass is 10.5. The van der Waals surface area contributed by atoms with Crippen LogP contribution in [-0.2, 0) is 0 Å². The molecule has 0 rings (SSSR count). The molecule has 0 N–H and O–H groups in total. The van der Waals surface area contributed by atoms with E-state index in [1.165, 1.54) is 12.2 Å². The highest BCUT2D eigenvalue weighted by atomic mass is 32.2. The van der Waals surface area contributed by atoms with E-state index in [4.69, 9.17) is 0 Å². The van der Waals surface area contributed by atoms with Gasteiger partial charge in [-0.2, -0.15) is 11.8 Å². The van der Waals surface area contributed by atoms with Gasteiger partial charge in [0, 0.05) is 0 Å². The second-order valence-corrected chi connectivity index (χ2v) is 2.83. The molecule has 0 aliphatic heterocycles. The van der Waals surface area contributed by atoms with Gasteiger partial charge >= 0.3 is 0 Å². The summed E-state index contributed by atoms with van der Waals surface area (Å²) in [6, 6.07) is 0. The molecule has 0 atom stereocenters. The molecule has 0 heterocycles. The molecule has 0 aliphatic carbocycles. The second kappa shape index (κ2) is 16.3. The van der Waals surface area contributed by atoms with Gasteiger partial charge in [0.15, 0.2) is 0 Å². The van der Waals surface area contributed by atoms with Gasteiger partial charge in [-0.3, -0.25) is 0 Å². The Morgan fingerprint density at radius 2 is 1.64 bits per heavy atom. The van der Waals surface area contributed by atoms with Crippen molar-refractivity contribution in [2.75, 3.05) is 12.0 Å². The lowest BCUT2D eigenvalue weighted by Gasteiger charge is -1.80. The third-order valence-electron chi connectivity index (χ3n) is 0.792. The van der Waals surface area contributed by atoms with Crippen LogP contribution >= 0.6 is 11.8 Å². The first-order chi connectivity index (χ1) is 5.33. The number of rotatable bonds is 4. The SMILES string of the molecule is C=C/C=C\C=C.CCCSC. The van der Waals surface area contributed by atoms with Crippen molar-refractivity contribution in [3.05, 3.63) is 37.5 Å². The van der Waals surface area contributed by atoms with Crippen LogP contribution in [0.4, 0.5) is 0 Å². The van der Waals surface area contributed by atoms with E-state index in [0.29, 0.717) is 0 Å². The lowest BCUT2D eigenvalue weighted by Crippen LogP contribution is -1.64.